The van der Waals surface area contributed by atoms with Crippen molar-refractivity contribution in [3.8, 4) is 6.01 Å². The standard InChI is InChI=1S/C8H13N3O/c1-3-4-12-8-10-6(2)5-7(9)11-8/h5H,3-4H2,1-2H3,(H2,9,10,11). The lowest BCUT2D eigenvalue weighted by atomic mass is 10.4. The third-order valence-corrected chi connectivity index (χ3v) is 1.29. The molecule has 0 aliphatic heterocycles. The minimum absolute atomic E-state index is 0.370. The van der Waals surface area contributed by atoms with Crippen LogP contribution in [-0.2, 0) is 0 Å². The maximum absolute atomic E-state index is 5.50. The summed E-state index contributed by atoms with van der Waals surface area (Å²) in [7, 11) is 0. The molecule has 1 aromatic rings. The number of anilines is 1. The zero-order valence-corrected chi connectivity index (χ0v) is 7.37. The van der Waals surface area contributed by atoms with Crippen LogP contribution in [0.25, 0.3) is 0 Å². The molecule has 1 rings (SSSR count). The second-order valence-corrected chi connectivity index (χ2v) is 2.57. The third-order valence-electron chi connectivity index (χ3n) is 1.29. The Balaban J connectivity index is 2.72. The molecule has 12 heavy (non-hydrogen) atoms. The number of nitrogen functional groups attached to an aromatic ring is 1. The van der Waals surface area contributed by atoms with Crippen molar-refractivity contribution in [1.82, 2.24) is 9.97 Å². The summed E-state index contributed by atoms with van der Waals surface area (Å²) >= 11 is 0. The smallest absolute Gasteiger partial charge is 0.318 e. The Labute approximate surface area is 71.8 Å². The Morgan fingerprint density at radius 3 is 2.83 bits per heavy atom. The van der Waals surface area contributed by atoms with Crippen molar-refractivity contribution >= 4 is 5.82 Å². The van der Waals surface area contributed by atoms with Crippen LogP contribution in [0.3, 0.4) is 0 Å². The zero-order valence-electron chi connectivity index (χ0n) is 7.37. The molecule has 0 fully saturated rings. The van der Waals surface area contributed by atoms with Crippen LogP contribution in [0.5, 0.6) is 6.01 Å². The van der Waals surface area contributed by atoms with Gasteiger partial charge in [0.2, 0.25) is 0 Å². The van der Waals surface area contributed by atoms with Gasteiger partial charge in [-0.3, -0.25) is 0 Å². The molecular weight excluding hydrogens is 154 g/mol. The lowest BCUT2D eigenvalue weighted by Gasteiger charge is -2.03. The summed E-state index contributed by atoms with van der Waals surface area (Å²) in [5.41, 5.74) is 6.33. The first kappa shape index (κ1) is 8.77. The summed E-state index contributed by atoms with van der Waals surface area (Å²) in [6.07, 6.45) is 0.942. The predicted octanol–water partition coefficient (Wildman–Crippen LogP) is 1.16. The Kier molecular flexibility index (Phi) is 2.85. The van der Waals surface area contributed by atoms with E-state index in [-0.39, 0.29) is 0 Å². The Bertz CT molecular complexity index is 242. The summed E-state index contributed by atoms with van der Waals surface area (Å²) in [4.78, 5) is 7.97. The van der Waals surface area contributed by atoms with Gasteiger partial charge in [0.25, 0.3) is 0 Å². The fraction of sp³-hybridized carbons (Fsp3) is 0.500. The van der Waals surface area contributed by atoms with E-state index in [1.54, 1.807) is 6.07 Å². The molecule has 0 saturated heterocycles. The molecule has 0 amide bonds. The van der Waals surface area contributed by atoms with Gasteiger partial charge in [-0.05, 0) is 13.3 Å². The minimum atomic E-state index is 0.370. The Morgan fingerprint density at radius 1 is 1.50 bits per heavy atom. The lowest BCUT2D eigenvalue weighted by Crippen LogP contribution is -2.02. The van der Waals surface area contributed by atoms with Crippen LogP contribution < -0.4 is 10.5 Å². The number of ether oxygens (including phenoxy) is 1. The minimum Gasteiger partial charge on any atom is -0.463 e. The first-order chi connectivity index (χ1) is 5.72. The number of aryl methyl sites for hydroxylation is 1. The number of nitrogens with zero attached hydrogens (tertiary/aromatic N) is 2. The SMILES string of the molecule is CCCOc1nc(C)cc(N)n1. The van der Waals surface area contributed by atoms with E-state index >= 15 is 0 Å². The normalized spacial score (nSPS) is 9.83. The van der Waals surface area contributed by atoms with Crippen LogP contribution in [0.2, 0.25) is 0 Å². The number of rotatable bonds is 3. The first-order valence-electron chi connectivity index (χ1n) is 3.96. The highest BCUT2D eigenvalue weighted by molar-refractivity contribution is 5.30. The summed E-state index contributed by atoms with van der Waals surface area (Å²) in [5.74, 6) is 0.452. The van der Waals surface area contributed by atoms with Crippen molar-refractivity contribution in [2.45, 2.75) is 20.3 Å². The van der Waals surface area contributed by atoms with Gasteiger partial charge in [-0.1, -0.05) is 6.92 Å². The molecule has 1 heterocycles. The summed E-state index contributed by atoms with van der Waals surface area (Å²) in [6, 6.07) is 2.08. The largest absolute Gasteiger partial charge is 0.463 e. The van der Waals surface area contributed by atoms with E-state index in [1.807, 2.05) is 13.8 Å². The van der Waals surface area contributed by atoms with Gasteiger partial charge in [0.1, 0.15) is 5.82 Å². The average Bonchev–Trinajstić information content (AvgIpc) is 1.99. The molecule has 0 bridgehead atoms. The molecule has 0 aliphatic carbocycles. The molecule has 4 nitrogen and oxygen atoms in total. The van der Waals surface area contributed by atoms with Crippen molar-refractivity contribution in [1.29, 1.82) is 0 Å². The van der Waals surface area contributed by atoms with Crippen molar-refractivity contribution in [3.05, 3.63) is 11.8 Å². The van der Waals surface area contributed by atoms with Crippen molar-refractivity contribution in [2.75, 3.05) is 12.3 Å². The number of aromatic nitrogens is 2. The second-order valence-electron chi connectivity index (χ2n) is 2.57. The molecule has 0 aliphatic rings. The number of nitrogens with two attached hydrogens (primary N) is 1. The van der Waals surface area contributed by atoms with Crippen LogP contribution >= 0.6 is 0 Å². The van der Waals surface area contributed by atoms with Gasteiger partial charge < -0.3 is 10.5 Å². The van der Waals surface area contributed by atoms with Crippen molar-refractivity contribution < 1.29 is 4.74 Å². The maximum atomic E-state index is 5.50. The van der Waals surface area contributed by atoms with E-state index in [0.717, 1.165) is 12.1 Å². The van der Waals surface area contributed by atoms with Crippen molar-refractivity contribution in [2.24, 2.45) is 0 Å². The lowest BCUT2D eigenvalue weighted by molar-refractivity contribution is 0.292. The quantitative estimate of drug-likeness (QED) is 0.733. The molecule has 1 aromatic heterocycles. The van der Waals surface area contributed by atoms with Crippen molar-refractivity contribution in [3.63, 3.8) is 0 Å². The molecule has 66 valence electrons. The van der Waals surface area contributed by atoms with Crippen LogP contribution in [0.4, 0.5) is 5.82 Å². The fourth-order valence-corrected chi connectivity index (χ4v) is 0.823. The molecule has 0 radical (unpaired) electrons. The Morgan fingerprint density at radius 2 is 2.25 bits per heavy atom. The molecule has 0 unspecified atom stereocenters. The highest BCUT2D eigenvalue weighted by Crippen LogP contribution is 2.07. The molecule has 0 atom stereocenters. The summed E-state index contributed by atoms with van der Waals surface area (Å²) < 4.78 is 5.21. The molecular formula is C8H13N3O. The molecule has 0 spiro atoms. The average molecular weight is 167 g/mol. The zero-order chi connectivity index (χ0) is 8.97. The monoisotopic (exact) mass is 167 g/mol. The van der Waals surface area contributed by atoms with Gasteiger partial charge in [-0.2, -0.15) is 4.98 Å². The summed E-state index contributed by atoms with van der Waals surface area (Å²) in [5, 5.41) is 0. The second kappa shape index (κ2) is 3.90. The third kappa shape index (κ3) is 2.38. The van der Waals surface area contributed by atoms with E-state index in [2.05, 4.69) is 9.97 Å². The maximum Gasteiger partial charge on any atom is 0.318 e. The van der Waals surface area contributed by atoms with Crippen LogP contribution in [0, 0.1) is 6.92 Å². The van der Waals surface area contributed by atoms with Gasteiger partial charge in [0.05, 0.1) is 6.61 Å². The van der Waals surface area contributed by atoms with E-state index < -0.39 is 0 Å². The highest BCUT2D eigenvalue weighted by atomic mass is 16.5. The van der Waals surface area contributed by atoms with E-state index in [1.165, 1.54) is 0 Å². The van der Waals surface area contributed by atoms with Gasteiger partial charge >= 0.3 is 6.01 Å². The molecule has 0 aromatic carbocycles. The van der Waals surface area contributed by atoms with E-state index in [9.17, 15) is 0 Å². The van der Waals surface area contributed by atoms with Crippen LogP contribution in [-0.4, -0.2) is 16.6 Å². The topological polar surface area (TPSA) is 61.0 Å². The van der Waals surface area contributed by atoms with E-state index in [0.29, 0.717) is 18.4 Å². The Hall–Kier alpha value is -1.32. The molecule has 2 N–H and O–H groups in total. The van der Waals surface area contributed by atoms with Crippen LogP contribution in [0.1, 0.15) is 19.0 Å². The van der Waals surface area contributed by atoms with Gasteiger partial charge in [-0.25, -0.2) is 4.98 Å². The fourth-order valence-electron chi connectivity index (χ4n) is 0.823. The summed E-state index contributed by atoms with van der Waals surface area (Å²) in [6.45, 7) is 4.51. The number of hydrogen-bond donors (Lipinski definition) is 1. The number of hydrogen-bond acceptors (Lipinski definition) is 4. The van der Waals surface area contributed by atoms with E-state index in [4.69, 9.17) is 10.5 Å². The predicted molar refractivity (Wildman–Crippen MR) is 47.0 cm³/mol. The molecule has 0 saturated carbocycles. The van der Waals surface area contributed by atoms with Crippen LogP contribution in [0.15, 0.2) is 6.07 Å². The highest BCUT2D eigenvalue weighted by Gasteiger charge is 1.98. The van der Waals surface area contributed by atoms with Gasteiger partial charge in [0, 0.05) is 11.8 Å². The van der Waals surface area contributed by atoms with Gasteiger partial charge in [-0.15, -0.1) is 0 Å². The van der Waals surface area contributed by atoms with Gasteiger partial charge in [0.15, 0.2) is 0 Å². The first-order valence-corrected chi connectivity index (χ1v) is 3.96. The molecule has 4 heteroatoms.